The molecular formula is C13H11Cl2N3O2S. The normalized spacial score (nSPS) is 10.9. The molecule has 0 unspecified atom stereocenters. The molecule has 0 aliphatic rings. The Morgan fingerprint density at radius 2 is 2.10 bits per heavy atom. The summed E-state index contributed by atoms with van der Waals surface area (Å²) in [6, 6.07) is 5.19. The second-order valence-corrected chi connectivity index (χ2v) is 5.74. The van der Waals surface area contributed by atoms with Crippen LogP contribution >= 0.6 is 34.5 Å². The molecule has 8 heteroatoms. The minimum absolute atomic E-state index is 0.420. The predicted molar refractivity (Wildman–Crippen MR) is 85.9 cm³/mol. The molecule has 0 radical (unpaired) electrons. The summed E-state index contributed by atoms with van der Waals surface area (Å²) in [5, 5.41) is 5.50. The average molecular weight is 344 g/mol. The Hall–Kier alpha value is -1.63. The third-order valence-electron chi connectivity index (χ3n) is 2.52. The number of nitrogens with zero attached hydrogens (tertiary/aromatic N) is 2. The van der Waals surface area contributed by atoms with Crippen LogP contribution in [-0.4, -0.2) is 24.3 Å². The number of hydrazone groups is 1. The van der Waals surface area contributed by atoms with Crippen LogP contribution in [-0.2, 0) is 4.74 Å². The summed E-state index contributed by atoms with van der Waals surface area (Å²) in [7, 11) is 1.33. The number of esters is 1. The van der Waals surface area contributed by atoms with Crippen molar-refractivity contribution < 1.29 is 9.53 Å². The van der Waals surface area contributed by atoms with E-state index in [9.17, 15) is 4.79 Å². The van der Waals surface area contributed by atoms with Crippen molar-refractivity contribution in [3.63, 3.8) is 0 Å². The van der Waals surface area contributed by atoms with Crippen LogP contribution in [0.1, 0.15) is 20.9 Å². The number of halogens is 2. The Kier molecular flexibility index (Phi) is 5.17. The summed E-state index contributed by atoms with van der Waals surface area (Å²) in [5.74, 6) is -0.420. The van der Waals surface area contributed by atoms with E-state index in [4.69, 9.17) is 23.2 Å². The third-order valence-corrected chi connectivity index (χ3v) is 4.22. The van der Waals surface area contributed by atoms with Crippen molar-refractivity contribution in [2.45, 2.75) is 6.92 Å². The van der Waals surface area contributed by atoms with Gasteiger partial charge in [0, 0.05) is 5.56 Å². The second-order valence-electron chi connectivity index (χ2n) is 3.93. The highest BCUT2D eigenvalue weighted by atomic mass is 35.5. The van der Waals surface area contributed by atoms with E-state index in [-0.39, 0.29) is 0 Å². The highest BCUT2D eigenvalue weighted by molar-refractivity contribution is 7.17. The van der Waals surface area contributed by atoms with Crippen molar-refractivity contribution in [3.05, 3.63) is 44.4 Å². The molecule has 1 N–H and O–H groups in total. The fourth-order valence-electron chi connectivity index (χ4n) is 1.51. The topological polar surface area (TPSA) is 63.6 Å². The third kappa shape index (κ3) is 3.72. The fraction of sp³-hybridized carbons (Fsp3) is 0.154. The molecule has 21 heavy (non-hydrogen) atoms. The number of hydrogen-bond acceptors (Lipinski definition) is 6. The Morgan fingerprint density at radius 1 is 1.43 bits per heavy atom. The molecule has 1 aromatic carbocycles. The maximum atomic E-state index is 11.5. The standard InChI is InChI=1S/C13H11Cl2N3O2S/c1-7-11(12(19)20-2)21-13(17-7)18-16-6-8-9(14)4-3-5-10(8)15/h3-6H,1-2H3,(H,17,18)/b16-6-. The number of thiazole rings is 1. The van der Waals surface area contributed by atoms with Crippen molar-refractivity contribution in [3.8, 4) is 0 Å². The van der Waals surface area contributed by atoms with E-state index in [1.54, 1.807) is 25.1 Å². The SMILES string of the molecule is COC(=O)c1sc(N/N=C\c2c(Cl)cccc2Cl)nc1C. The van der Waals surface area contributed by atoms with Crippen molar-refractivity contribution in [1.29, 1.82) is 0 Å². The van der Waals surface area contributed by atoms with Crippen LogP contribution in [0.4, 0.5) is 5.13 Å². The van der Waals surface area contributed by atoms with Crippen LogP contribution in [0, 0.1) is 6.92 Å². The lowest BCUT2D eigenvalue weighted by Crippen LogP contribution is -1.99. The minimum Gasteiger partial charge on any atom is -0.465 e. The quantitative estimate of drug-likeness (QED) is 0.517. The highest BCUT2D eigenvalue weighted by Crippen LogP contribution is 2.24. The molecule has 0 aliphatic heterocycles. The number of ether oxygens (including phenoxy) is 1. The van der Waals surface area contributed by atoms with Gasteiger partial charge in [-0.2, -0.15) is 5.10 Å². The first-order valence-corrected chi connectivity index (χ1v) is 7.39. The van der Waals surface area contributed by atoms with E-state index in [1.807, 2.05) is 0 Å². The largest absolute Gasteiger partial charge is 0.465 e. The molecule has 2 aromatic rings. The van der Waals surface area contributed by atoms with Gasteiger partial charge in [0.1, 0.15) is 4.88 Å². The minimum atomic E-state index is -0.420. The van der Waals surface area contributed by atoms with Gasteiger partial charge in [0.15, 0.2) is 0 Å². The summed E-state index contributed by atoms with van der Waals surface area (Å²) in [5.41, 5.74) is 3.93. The maximum Gasteiger partial charge on any atom is 0.350 e. The van der Waals surface area contributed by atoms with Gasteiger partial charge in [-0.05, 0) is 19.1 Å². The molecule has 0 saturated heterocycles. The van der Waals surface area contributed by atoms with Gasteiger partial charge in [-0.15, -0.1) is 0 Å². The first kappa shape index (κ1) is 15.8. The number of anilines is 1. The molecule has 5 nitrogen and oxygen atoms in total. The number of rotatable bonds is 4. The molecule has 0 aliphatic carbocycles. The molecule has 0 amide bonds. The van der Waals surface area contributed by atoms with Crippen LogP contribution in [0.25, 0.3) is 0 Å². The number of carbonyl (C=O) groups excluding carboxylic acids is 1. The monoisotopic (exact) mass is 343 g/mol. The zero-order valence-corrected chi connectivity index (χ0v) is 13.5. The van der Waals surface area contributed by atoms with Gasteiger partial charge < -0.3 is 4.74 Å². The Labute approximate surface area is 135 Å². The van der Waals surface area contributed by atoms with Crippen molar-refractivity contribution in [2.24, 2.45) is 5.10 Å². The Balaban J connectivity index is 2.13. The van der Waals surface area contributed by atoms with Gasteiger partial charge in [0.05, 0.1) is 29.1 Å². The molecule has 0 saturated carbocycles. The summed E-state index contributed by atoms with van der Waals surface area (Å²) >= 11 is 13.2. The molecule has 0 fully saturated rings. The van der Waals surface area contributed by atoms with E-state index in [0.29, 0.717) is 31.3 Å². The van der Waals surface area contributed by atoms with E-state index < -0.39 is 5.97 Å². The summed E-state index contributed by atoms with van der Waals surface area (Å²) < 4.78 is 4.67. The summed E-state index contributed by atoms with van der Waals surface area (Å²) in [6.45, 7) is 1.72. The fourth-order valence-corrected chi connectivity index (χ4v) is 2.84. The zero-order valence-electron chi connectivity index (χ0n) is 11.2. The van der Waals surface area contributed by atoms with Crippen LogP contribution in [0.2, 0.25) is 10.0 Å². The van der Waals surface area contributed by atoms with E-state index >= 15 is 0 Å². The smallest absolute Gasteiger partial charge is 0.350 e. The highest BCUT2D eigenvalue weighted by Gasteiger charge is 2.15. The van der Waals surface area contributed by atoms with Gasteiger partial charge in [0.25, 0.3) is 0 Å². The van der Waals surface area contributed by atoms with Crippen LogP contribution in [0.5, 0.6) is 0 Å². The summed E-state index contributed by atoms with van der Waals surface area (Å²) in [4.78, 5) is 16.1. The van der Waals surface area contributed by atoms with Gasteiger partial charge in [0.2, 0.25) is 5.13 Å². The number of hydrogen-bond donors (Lipinski definition) is 1. The number of aromatic nitrogens is 1. The molecule has 1 aromatic heterocycles. The van der Waals surface area contributed by atoms with E-state index in [0.717, 1.165) is 11.3 Å². The first-order valence-electron chi connectivity index (χ1n) is 5.81. The Morgan fingerprint density at radius 3 is 2.71 bits per heavy atom. The number of benzene rings is 1. The molecule has 0 spiro atoms. The maximum absolute atomic E-state index is 11.5. The van der Waals surface area contributed by atoms with Crippen LogP contribution in [0.15, 0.2) is 23.3 Å². The number of carbonyl (C=O) groups is 1. The van der Waals surface area contributed by atoms with Gasteiger partial charge in [-0.1, -0.05) is 40.6 Å². The zero-order chi connectivity index (χ0) is 15.4. The predicted octanol–water partition coefficient (Wildman–Crippen LogP) is 3.99. The molecule has 2 rings (SSSR count). The molecule has 0 bridgehead atoms. The second kappa shape index (κ2) is 6.89. The lowest BCUT2D eigenvalue weighted by molar-refractivity contribution is 0.0605. The molecule has 1 heterocycles. The summed E-state index contributed by atoms with van der Waals surface area (Å²) in [6.07, 6.45) is 1.50. The van der Waals surface area contributed by atoms with E-state index in [2.05, 4.69) is 20.2 Å². The lowest BCUT2D eigenvalue weighted by Gasteiger charge is -2.00. The molecule has 110 valence electrons. The Bertz CT molecular complexity index is 680. The molecular weight excluding hydrogens is 333 g/mol. The van der Waals surface area contributed by atoms with Gasteiger partial charge in [-0.25, -0.2) is 9.78 Å². The average Bonchev–Trinajstić information content (AvgIpc) is 2.82. The number of nitrogens with one attached hydrogen (secondary N) is 1. The lowest BCUT2D eigenvalue weighted by atomic mass is 10.2. The number of aryl methyl sites for hydroxylation is 1. The van der Waals surface area contributed by atoms with Crippen LogP contribution in [0.3, 0.4) is 0 Å². The van der Waals surface area contributed by atoms with Crippen molar-refractivity contribution in [1.82, 2.24) is 4.98 Å². The van der Waals surface area contributed by atoms with Gasteiger partial charge >= 0.3 is 5.97 Å². The number of methoxy groups -OCH3 is 1. The first-order chi connectivity index (χ1) is 10.0. The van der Waals surface area contributed by atoms with Crippen LogP contribution < -0.4 is 5.43 Å². The molecule has 0 atom stereocenters. The van der Waals surface area contributed by atoms with E-state index in [1.165, 1.54) is 13.3 Å². The van der Waals surface area contributed by atoms with Gasteiger partial charge in [-0.3, -0.25) is 5.43 Å². The van der Waals surface area contributed by atoms with Crippen molar-refractivity contribution in [2.75, 3.05) is 12.5 Å². The van der Waals surface area contributed by atoms with Crippen molar-refractivity contribution >= 4 is 51.9 Å².